The van der Waals surface area contributed by atoms with Crippen molar-refractivity contribution in [2.24, 2.45) is 5.92 Å². The second-order valence-electron chi connectivity index (χ2n) is 6.64. The summed E-state index contributed by atoms with van der Waals surface area (Å²) >= 11 is 0. The Labute approximate surface area is 144 Å². The number of nitrogens with zero attached hydrogens (tertiary/aromatic N) is 2. The van der Waals surface area contributed by atoms with Crippen LogP contribution in [0.25, 0.3) is 0 Å². The van der Waals surface area contributed by atoms with Crippen LogP contribution in [0.5, 0.6) is 0 Å². The first-order chi connectivity index (χ1) is 11.5. The van der Waals surface area contributed by atoms with E-state index in [1.807, 2.05) is 30.0 Å². The van der Waals surface area contributed by atoms with Crippen LogP contribution in [-0.4, -0.2) is 62.0 Å². The van der Waals surface area contributed by atoms with Gasteiger partial charge in [0.25, 0.3) is 5.91 Å². The van der Waals surface area contributed by atoms with Crippen LogP contribution in [-0.2, 0) is 9.53 Å². The van der Waals surface area contributed by atoms with Gasteiger partial charge in [-0.05, 0) is 44.2 Å². The van der Waals surface area contributed by atoms with Gasteiger partial charge in [0.05, 0.1) is 6.54 Å². The van der Waals surface area contributed by atoms with Gasteiger partial charge >= 0.3 is 0 Å². The standard InChI is InChI=1S/C19H28N2O3/c1-15-5-4-6-17(13-15)19(23)20(2)14-18(22)21-10-7-16(8-11-21)9-12-24-3/h4-6,13,16H,7-12,14H2,1-3H3. The highest BCUT2D eigenvalue weighted by atomic mass is 16.5. The maximum atomic E-state index is 12.4. The molecule has 0 N–H and O–H groups in total. The summed E-state index contributed by atoms with van der Waals surface area (Å²) < 4.78 is 5.12. The van der Waals surface area contributed by atoms with E-state index in [2.05, 4.69) is 0 Å². The lowest BCUT2D eigenvalue weighted by Crippen LogP contribution is -2.44. The third kappa shape index (κ3) is 5.06. The Hall–Kier alpha value is -1.88. The molecule has 0 saturated carbocycles. The minimum Gasteiger partial charge on any atom is -0.385 e. The van der Waals surface area contributed by atoms with Gasteiger partial charge in [0.1, 0.15) is 0 Å². The maximum Gasteiger partial charge on any atom is 0.254 e. The van der Waals surface area contributed by atoms with E-state index in [1.54, 1.807) is 20.2 Å². The molecule has 132 valence electrons. The quantitative estimate of drug-likeness (QED) is 0.803. The Morgan fingerprint density at radius 1 is 1.29 bits per heavy atom. The van der Waals surface area contributed by atoms with Gasteiger partial charge < -0.3 is 14.5 Å². The molecule has 0 unspecified atom stereocenters. The zero-order chi connectivity index (χ0) is 17.5. The molecule has 5 nitrogen and oxygen atoms in total. The van der Waals surface area contributed by atoms with E-state index >= 15 is 0 Å². The number of rotatable bonds is 6. The summed E-state index contributed by atoms with van der Waals surface area (Å²) in [6, 6.07) is 7.46. The normalized spacial score (nSPS) is 15.4. The second kappa shape index (κ2) is 8.83. The number of benzene rings is 1. The number of carbonyl (C=O) groups excluding carboxylic acids is 2. The highest BCUT2D eigenvalue weighted by Gasteiger charge is 2.24. The summed E-state index contributed by atoms with van der Waals surface area (Å²) in [6.07, 6.45) is 3.10. The van der Waals surface area contributed by atoms with Crippen molar-refractivity contribution in [3.8, 4) is 0 Å². The zero-order valence-corrected chi connectivity index (χ0v) is 15.0. The number of hydrogen-bond acceptors (Lipinski definition) is 3. The highest BCUT2D eigenvalue weighted by Crippen LogP contribution is 2.20. The molecule has 1 aliphatic heterocycles. The van der Waals surface area contributed by atoms with E-state index < -0.39 is 0 Å². The summed E-state index contributed by atoms with van der Waals surface area (Å²) in [6.45, 7) is 4.43. The molecule has 1 heterocycles. The largest absolute Gasteiger partial charge is 0.385 e. The van der Waals surface area contributed by atoms with Crippen LogP contribution in [0.1, 0.15) is 35.2 Å². The Morgan fingerprint density at radius 2 is 2.00 bits per heavy atom. The molecular formula is C19H28N2O3. The Morgan fingerprint density at radius 3 is 2.62 bits per heavy atom. The van der Waals surface area contributed by atoms with Gasteiger partial charge in [0.15, 0.2) is 0 Å². The van der Waals surface area contributed by atoms with Crippen LogP contribution >= 0.6 is 0 Å². The Bertz CT molecular complexity index is 565. The van der Waals surface area contributed by atoms with Crippen molar-refractivity contribution in [2.45, 2.75) is 26.2 Å². The van der Waals surface area contributed by atoms with Crippen LogP contribution in [0.15, 0.2) is 24.3 Å². The maximum absolute atomic E-state index is 12.4. The smallest absolute Gasteiger partial charge is 0.254 e. The average molecular weight is 332 g/mol. The molecule has 2 amide bonds. The molecule has 0 radical (unpaired) electrons. The number of aryl methyl sites for hydroxylation is 1. The van der Waals surface area contributed by atoms with Gasteiger partial charge in [-0.1, -0.05) is 17.7 Å². The number of methoxy groups -OCH3 is 1. The molecular weight excluding hydrogens is 304 g/mol. The third-order valence-corrected chi connectivity index (χ3v) is 4.68. The SMILES string of the molecule is COCCC1CCN(C(=O)CN(C)C(=O)c2cccc(C)c2)CC1. The van der Waals surface area contributed by atoms with E-state index in [9.17, 15) is 9.59 Å². The number of likely N-dealkylation sites (tertiary alicyclic amines) is 1. The molecule has 1 fully saturated rings. The number of amides is 2. The first kappa shape index (κ1) is 18.5. The van der Waals surface area contributed by atoms with E-state index in [-0.39, 0.29) is 18.4 Å². The highest BCUT2D eigenvalue weighted by molar-refractivity contribution is 5.96. The lowest BCUT2D eigenvalue weighted by Gasteiger charge is -2.33. The van der Waals surface area contributed by atoms with Crippen molar-refractivity contribution >= 4 is 11.8 Å². The predicted molar refractivity (Wildman–Crippen MR) is 93.9 cm³/mol. The number of likely N-dealkylation sites (N-methyl/N-ethyl adjacent to an activating group) is 1. The van der Waals surface area contributed by atoms with E-state index in [0.29, 0.717) is 11.5 Å². The molecule has 0 bridgehead atoms. The molecule has 24 heavy (non-hydrogen) atoms. The first-order valence-electron chi connectivity index (χ1n) is 8.60. The van der Waals surface area contributed by atoms with Crippen LogP contribution in [0, 0.1) is 12.8 Å². The number of ether oxygens (including phenoxy) is 1. The lowest BCUT2D eigenvalue weighted by atomic mass is 9.94. The molecule has 2 rings (SSSR count). The van der Waals surface area contributed by atoms with E-state index in [1.165, 1.54) is 4.90 Å². The van der Waals surface area contributed by atoms with Crippen molar-refractivity contribution in [1.29, 1.82) is 0 Å². The third-order valence-electron chi connectivity index (χ3n) is 4.68. The molecule has 1 aromatic carbocycles. The van der Waals surface area contributed by atoms with Crippen molar-refractivity contribution in [1.82, 2.24) is 9.80 Å². The topological polar surface area (TPSA) is 49.9 Å². The minimum atomic E-state index is -0.109. The van der Waals surface area contributed by atoms with E-state index in [4.69, 9.17) is 4.74 Å². The summed E-state index contributed by atoms with van der Waals surface area (Å²) in [5.74, 6) is 0.561. The molecule has 5 heteroatoms. The van der Waals surface area contributed by atoms with Gasteiger partial charge in [-0.3, -0.25) is 9.59 Å². The van der Waals surface area contributed by atoms with Crippen molar-refractivity contribution < 1.29 is 14.3 Å². The summed E-state index contributed by atoms with van der Waals surface area (Å²) in [5, 5.41) is 0. The van der Waals surface area contributed by atoms with Gasteiger partial charge in [-0.15, -0.1) is 0 Å². The predicted octanol–water partition coefficient (Wildman–Crippen LogP) is 2.34. The molecule has 0 aliphatic carbocycles. The molecule has 1 aromatic rings. The lowest BCUT2D eigenvalue weighted by molar-refractivity contribution is -0.133. The van der Waals surface area contributed by atoms with E-state index in [0.717, 1.165) is 44.5 Å². The molecule has 0 spiro atoms. The monoisotopic (exact) mass is 332 g/mol. The van der Waals surface area contributed by atoms with Gasteiger partial charge in [0, 0.05) is 39.4 Å². The van der Waals surface area contributed by atoms with Crippen LogP contribution < -0.4 is 0 Å². The van der Waals surface area contributed by atoms with Crippen molar-refractivity contribution in [3.05, 3.63) is 35.4 Å². The van der Waals surface area contributed by atoms with Crippen molar-refractivity contribution in [2.75, 3.05) is 40.4 Å². The molecule has 1 aliphatic rings. The average Bonchev–Trinajstić information content (AvgIpc) is 2.59. The number of carbonyl (C=O) groups is 2. The fourth-order valence-corrected chi connectivity index (χ4v) is 3.13. The minimum absolute atomic E-state index is 0.0312. The van der Waals surface area contributed by atoms with Gasteiger partial charge in [0.2, 0.25) is 5.91 Å². The Balaban J connectivity index is 1.83. The number of piperidine rings is 1. The first-order valence-corrected chi connectivity index (χ1v) is 8.60. The fourth-order valence-electron chi connectivity index (χ4n) is 3.13. The Kier molecular flexibility index (Phi) is 6.79. The summed E-state index contributed by atoms with van der Waals surface area (Å²) in [7, 11) is 3.41. The molecule has 0 atom stereocenters. The fraction of sp³-hybridized carbons (Fsp3) is 0.579. The van der Waals surface area contributed by atoms with Gasteiger partial charge in [-0.25, -0.2) is 0 Å². The van der Waals surface area contributed by atoms with Crippen LogP contribution in [0.4, 0.5) is 0 Å². The van der Waals surface area contributed by atoms with Gasteiger partial charge in [-0.2, -0.15) is 0 Å². The second-order valence-corrected chi connectivity index (χ2v) is 6.64. The summed E-state index contributed by atoms with van der Waals surface area (Å²) in [5.41, 5.74) is 1.67. The number of hydrogen-bond donors (Lipinski definition) is 0. The zero-order valence-electron chi connectivity index (χ0n) is 15.0. The van der Waals surface area contributed by atoms with Crippen molar-refractivity contribution in [3.63, 3.8) is 0 Å². The van der Waals surface area contributed by atoms with Crippen LogP contribution in [0.2, 0.25) is 0 Å². The summed E-state index contributed by atoms with van der Waals surface area (Å²) in [4.78, 5) is 28.3. The molecule has 0 aromatic heterocycles. The molecule has 1 saturated heterocycles. The van der Waals surface area contributed by atoms with Crippen LogP contribution in [0.3, 0.4) is 0 Å².